The van der Waals surface area contributed by atoms with Crippen molar-refractivity contribution in [3.63, 3.8) is 0 Å². The lowest BCUT2D eigenvalue weighted by molar-refractivity contribution is 0.522. The highest BCUT2D eigenvalue weighted by Crippen LogP contribution is 2.22. The summed E-state index contributed by atoms with van der Waals surface area (Å²) in [5.74, 6) is 0.975. The number of thioether (sulfide) groups is 1. The summed E-state index contributed by atoms with van der Waals surface area (Å²) in [4.78, 5) is 1.31. The summed E-state index contributed by atoms with van der Waals surface area (Å²) in [6.45, 7) is 6.26. The van der Waals surface area contributed by atoms with Gasteiger partial charge in [0.1, 0.15) is 0 Å². The summed E-state index contributed by atoms with van der Waals surface area (Å²) in [6, 6.07) is 11.0. The van der Waals surface area contributed by atoms with E-state index in [0.29, 0.717) is 6.04 Å². The van der Waals surface area contributed by atoms with Crippen LogP contribution in [-0.2, 0) is 0 Å². The molecule has 3 heteroatoms. The van der Waals surface area contributed by atoms with E-state index in [4.69, 9.17) is 5.26 Å². The van der Waals surface area contributed by atoms with Gasteiger partial charge in [0.15, 0.2) is 0 Å². The topological polar surface area (TPSA) is 35.8 Å². The fourth-order valence-corrected chi connectivity index (χ4v) is 2.64. The van der Waals surface area contributed by atoms with Crippen molar-refractivity contribution in [1.29, 1.82) is 5.26 Å². The molecular weight excluding hydrogens is 228 g/mol. The molecule has 92 valence electrons. The lowest BCUT2D eigenvalue weighted by Crippen LogP contribution is -2.33. The van der Waals surface area contributed by atoms with Gasteiger partial charge >= 0.3 is 0 Å². The van der Waals surface area contributed by atoms with Gasteiger partial charge in [-0.25, -0.2) is 0 Å². The van der Waals surface area contributed by atoms with E-state index in [0.717, 1.165) is 12.2 Å². The highest BCUT2D eigenvalue weighted by molar-refractivity contribution is 7.99. The lowest BCUT2D eigenvalue weighted by atomic mass is 10.2. The zero-order valence-corrected chi connectivity index (χ0v) is 11.6. The minimum absolute atomic E-state index is 0.0356. The first kappa shape index (κ1) is 14.1. The van der Waals surface area contributed by atoms with Crippen molar-refractivity contribution in [2.75, 3.05) is 5.75 Å². The van der Waals surface area contributed by atoms with Crippen molar-refractivity contribution in [3.8, 4) is 6.07 Å². The highest BCUT2D eigenvalue weighted by Gasteiger charge is 2.08. The molecule has 0 spiro atoms. The van der Waals surface area contributed by atoms with Gasteiger partial charge < -0.3 is 0 Å². The van der Waals surface area contributed by atoms with E-state index in [9.17, 15) is 0 Å². The molecule has 1 atom stereocenters. The molecule has 0 amide bonds. The quantitative estimate of drug-likeness (QED) is 0.784. The summed E-state index contributed by atoms with van der Waals surface area (Å²) in [5, 5.41) is 12.3. The van der Waals surface area contributed by atoms with Crippen molar-refractivity contribution in [1.82, 2.24) is 5.32 Å². The van der Waals surface area contributed by atoms with Crippen molar-refractivity contribution >= 4 is 11.8 Å². The number of nitrogens with one attached hydrogen (secondary N) is 1. The molecule has 2 nitrogen and oxygen atoms in total. The molecule has 1 aromatic rings. The predicted molar refractivity (Wildman–Crippen MR) is 74.2 cm³/mol. The van der Waals surface area contributed by atoms with Crippen molar-refractivity contribution in [3.05, 3.63) is 29.8 Å². The monoisotopic (exact) mass is 248 g/mol. The average molecular weight is 248 g/mol. The van der Waals surface area contributed by atoms with E-state index in [1.54, 1.807) is 0 Å². The molecule has 0 aromatic heterocycles. The number of hydrogen-bond donors (Lipinski definition) is 1. The second kappa shape index (κ2) is 7.37. The van der Waals surface area contributed by atoms with Crippen LogP contribution in [0.3, 0.4) is 0 Å². The summed E-state index contributed by atoms with van der Waals surface area (Å²) in [7, 11) is 0. The second-order valence-corrected chi connectivity index (χ2v) is 5.54. The molecule has 1 unspecified atom stereocenters. The van der Waals surface area contributed by atoms with Gasteiger partial charge in [-0.1, -0.05) is 18.2 Å². The second-order valence-electron chi connectivity index (χ2n) is 4.41. The number of benzene rings is 1. The average Bonchev–Trinajstić information content (AvgIpc) is 2.29. The van der Waals surface area contributed by atoms with Gasteiger partial charge in [-0.3, -0.25) is 5.32 Å². The van der Waals surface area contributed by atoms with Gasteiger partial charge in [0.2, 0.25) is 0 Å². The molecular formula is C14H20N2S. The predicted octanol–water partition coefficient (Wildman–Crippen LogP) is 3.37. The Hall–Kier alpha value is -0.980. The van der Waals surface area contributed by atoms with Gasteiger partial charge in [0.05, 0.1) is 12.1 Å². The third kappa shape index (κ3) is 5.25. The molecule has 1 N–H and O–H groups in total. The molecule has 1 aromatic carbocycles. The molecule has 0 radical (unpaired) electrons. The Kier molecular flexibility index (Phi) is 6.10. The smallest absolute Gasteiger partial charge is 0.0962 e. The van der Waals surface area contributed by atoms with Gasteiger partial charge in [-0.2, -0.15) is 5.26 Å². The van der Waals surface area contributed by atoms with E-state index < -0.39 is 0 Å². The SMILES string of the molecule is Cc1ccccc1SCCC(C#N)NC(C)C. The van der Waals surface area contributed by atoms with Crippen LogP contribution < -0.4 is 5.32 Å². The zero-order valence-electron chi connectivity index (χ0n) is 10.7. The normalized spacial score (nSPS) is 12.4. The number of nitrogens with zero attached hydrogens (tertiary/aromatic N) is 1. The molecule has 0 aliphatic rings. The molecule has 0 aliphatic carbocycles. The van der Waals surface area contributed by atoms with E-state index >= 15 is 0 Å². The molecule has 0 saturated carbocycles. The van der Waals surface area contributed by atoms with Gasteiger partial charge in [0.25, 0.3) is 0 Å². The first-order chi connectivity index (χ1) is 8.13. The number of rotatable bonds is 6. The standard InChI is InChI=1S/C14H20N2S/c1-11(2)16-13(10-15)8-9-17-14-7-5-4-6-12(14)3/h4-7,11,13,16H,8-9H2,1-3H3. The Bertz CT molecular complexity index is 382. The third-order valence-corrected chi connectivity index (χ3v) is 3.66. The maximum absolute atomic E-state index is 9.00. The van der Waals surface area contributed by atoms with Crippen molar-refractivity contribution in [2.45, 2.75) is 44.2 Å². The number of aryl methyl sites for hydroxylation is 1. The van der Waals surface area contributed by atoms with E-state index in [1.165, 1.54) is 10.5 Å². The summed E-state index contributed by atoms with van der Waals surface area (Å²) in [5.41, 5.74) is 1.31. The van der Waals surface area contributed by atoms with Crippen LogP contribution in [0.25, 0.3) is 0 Å². The van der Waals surface area contributed by atoms with Crippen LogP contribution >= 0.6 is 11.8 Å². The van der Waals surface area contributed by atoms with Crippen LogP contribution in [0.15, 0.2) is 29.2 Å². The molecule has 0 aliphatic heterocycles. The van der Waals surface area contributed by atoms with Crippen LogP contribution in [-0.4, -0.2) is 17.8 Å². The molecule has 0 fully saturated rings. The highest BCUT2D eigenvalue weighted by atomic mass is 32.2. The van der Waals surface area contributed by atoms with Gasteiger partial charge in [0, 0.05) is 16.7 Å². The zero-order chi connectivity index (χ0) is 12.7. The van der Waals surface area contributed by atoms with Gasteiger partial charge in [-0.05, 0) is 38.8 Å². The number of hydrogen-bond acceptors (Lipinski definition) is 3. The third-order valence-electron chi connectivity index (χ3n) is 2.45. The first-order valence-electron chi connectivity index (χ1n) is 5.97. The fourth-order valence-electron chi connectivity index (χ4n) is 1.59. The Morgan fingerprint density at radius 3 is 2.65 bits per heavy atom. The number of nitriles is 1. The largest absolute Gasteiger partial charge is 0.300 e. The van der Waals surface area contributed by atoms with Crippen LogP contribution in [0.5, 0.6) is 0 Å². The summed E-state index contributed by atoms with van der Waals surface area (Å²) >= 11 is 1.83. The summed E-state index contributed by atoms with van der Waals surface area (Å²) in [6.07, 6.45) is 0.883. The van der Waals surface area contributed by atoms with E-state index in [-0.39, 0.29) is 6.04 Å². The van der Waals surface area contributed by atoms with Crippen LogP contribution in [0, 0.1) is 18.3 Å². The Labute approximate surface area is 108 Å². The van der Waals surface area contributed by atoms with E-state index in [2.05, 4.69) is 56.4 Å². The molecule has 0 bridgehead atoms. The minimum Gasteiger partial charge on any atom is -0.300 e. The maximum atomic E-state index is 9.00. The Morgan fingerprint density at radius 1 is 1.35 bits per heavy atom. The Balaban J connectivity index is 2.37. The first-order valence-corrected chi connectivity index (χ1v) is 6.96. The molecule has 0 saturated heterocycles. The van der Waals surface area contributed by atoms with Crippen LogP contribution in [0.2, 0.25) is 0 Å². The molecule has 1 rings (SSSR count). The van der Waals surface area contributed by atoms with E-state index in [1.807, 2.05) is 11.8 Å². The van der Waals surface area contributed by atoms with Crippen LogP contribution in [0.1, 0.15) is 25.8 Å². The molecule has 17 heavy (non-hydrogen) atoms. The minimum atomic E-state index is -0.0356. The van der Waals surface area contributed by atoms with Crippen LogP contribution in [0.4, 0.5) is 0 Å². The van der Waals surface area contributed by atoms with Gasteiger partial charge in [-0.15, -0.1) is 11.8 Å². The Morgan fingerprint density at radius 2 is 2.06 bits per heavy atom. The van der Waals surface area contributed by atoms with Crippen molar-refractivity contribution in [2.24, 2.45) is 0 Å². The fraction of sp³-hybridized carbons (Fsp3) is 0.500. The molecule has 0 heterocycles. The maximum Gasteiger partial charge on any atom is 0.0962 e. The van der Waals surface area contributed by atoms with Crippen molar-refractivity contribution < 1.29 is 0 Å². The summed E-state index contributed by atoms with van der Waals surface area (Å²) < 4.78 is 0. The lowest BCUT2D eigenvalue weighted by Gasteiger charge is -2.14.